The summed E-state index contributed by atoms with van der Waals surface area (Å²) in [7, 11) is 0. The number of amides is 1. The van der Waals surface area contributed by atoms with Crippen molar-refractivity contribution in [2.45, 2.75) is 19.9 Å². The van der Waals surface area contributed by atoms with Crippen molar-refractivity contribution in [2.24, 2.45) is 5.73 Å². The zero-order valence-corrected chi connectivity index (χ0v) is 8.17. The summed E-state index contributed by atoms with van der Waals surface area (Å²) in [5.74, 6) is -0.944. The molecule has 1 amide bonds. The van der Waals surface area contributed by atoms with Crippen molar-refractivity contribution in [2.75, 3.05) is 5.32 Å². The number of hydrogen-bond acceptors (Lipinski definition) is 2. The number of benzene rings is 1. The predicted molar refractivity (Wildman–Crippen MR) is 53.7 cm³/mol. The predicted octanol–water partition coefficient (Wildman–Crippen LogP) is 1.74. The zero-order chi connectivity index (χ0) is 10.7. The van der Waals surface area contributed by atoms with E-state index >= 15 is 0 Å². The number of rotatable bonds is 3. The van der Waals surface area contributed by atoms with Crippen molar-refractivity contribution in [1.82, 2.24) is 0 Å². The first kappa shape index (κ1) is 10.5. The molecule has 4 heteroatoms. The molecule has 0 aliphatic rings. The summed E-state index contributed by atoms with van der Waals surface area (Å²) in [5.41, 5.74) is 5.68. The Morgan fingerprint density at radius 2 is 2.14 bits per heavy atom. The second-order valence-electron chi connectivity index (χ2n) is 3.36. The third kappa shape index (κ3) is 2.45. The quantitative estimate of drug-likeness (QED) is 0.773. The minimum Gasteiger partial charge on any atom is -0.380 e. The van der Waals surface area contributed by atoms with Gasteiger partial charge in [0.05, 0.1) is 5.69 Å². The first-order valence-corrected chi connectivity index (χ1v) is 4.36. The minimum absolute atomic E-state index is 0.104. The molecule has 0 aliphatic heterocycles. The number of halogens is 1. The fraction of sp³-hybridized carbons (Fsp3) is 0.300. The second kappa shape index (κ2) is 4.09. The summed E-state index contributed by atoms with van der Waals surface area (Å²) in [6.45, 7) is 3.77. The fourth-order valence-electron chi connectivity index (χ4n) is 1.10. The van der Waals surface area contributed by atoms with Crippen molar-refractivity contribution in [3.8, 4) is 0 Å². The third-order valence-corrected chi connectivity index (χ3v) is 1.70. The SMILES string of the molecule is CC(C)Nc1cc(C(N)=O)ccc1F. The highest BCUT2D eigenvalue weighted by Gasteiger charge is 2.07. The number of nitrogens with two attached hydrogens (primary N) is 1. The van der Waals surface area contributed by atoms with Gasteiger partial charge in [-0.2, -0.15) is 0 Å². The summed E-state index contributed by atoms with van der Waals surface area (Å²) in [6, 6.07) is 4.11. The van der Waals surface area contributed by atoms with Gasteiger partial charge in [0.25, 0.3) is 0 Å². The lowest BCUT2D eigenvalue weighted by Gasteiger charge is -2.11. The van der Waals surface area contributed by atoms with Crippen molar-refractivity contribution in [3.05, 3.63) is 29.6 Å². The van der Waals surface area contributed by atoms with Gasteiger partial charge in [0.2, 0.25) is 5.91 Å². The van der Waals surface area contributed by atoms with Crippen molar-refractivity contribution < 1.29 is 9.18 Å². The molecule has 0 bridgehead atoms. The van der Waals surface area contributed by atoms with E-state index in [4.69, 9.17) is 5.73 Å². The van der Waals surface area contributed by atoms with Crippen LogP contribution in [0.5, 0.6) is 0 Å². The lowest BCUT2D eigenvalue weighted by molar-refractivity contribution is 0.100. The smallest absolute Gasteiger partial charge is 0.248 e. The highest BCUT2D eigenvalue weighted by Crippen LogP contribution is 2.16. The monoisotopic (exact) mass is 196 g/mol. The summed E-state index contributed by atoms with van der Waals surface area (Å²) >= 11 is 0. The maximum atomic E-state index is 13.2. The molecule has 76 valence electrons. The molecule has 0 spiro atoms. The van der Waals surface area contributed by atoms with Gasteiger partial charge in [0.15, 0.2) is 0 Å². The van der Waals surface area contributed by atoms with Gasteiger partial charge >= 0.3 is 0 Å². The first-order valence-electron chi connectivity index (χ1n) is 4.36. The molecule has 0 fully saturated rings. The van der Waals surface area contributed by atoms with Gasteiger partial charge in [-0.15, -0.1) is 0 Å². The Labute approximate surface area is 82.1 Å². The molecule has 1 rings (SSSR count). The van der Waals surface area contributed by atoms with Crippen LogP contribution in [0.15, 0.2) is 18.2 Å². The molecule has 0 radical (unpaired) electrons. The van der Waals surface area contributed by atoms with E-state index in [0.29, 0.717) is 11.3 Å². The van der Waals surface area contributed by atoms with Crippen LogP contribution in [0.25, 0.3) is 0 Å². The summed E-state index contributed by atoms with van der Waals surface area (Å²) in [5, 5.41) is 2.89. The number of hydrogen-bond donors (Lipinski definition) is 2. The van der Waals surface area contributed by atoms with E-state index < -0.39 is 5.91 Å². The summed E-state index contributed by atoms with van der Waals surface area (Å²) < 4.78 is 13.2. The van der Waals surface area contributed by atoms with E-state index in [-0.39, 0.29) is 11.9 Å². The number of nitrogens with one attached hydrogen (secondary N) is 1. The fourth-order valence-corrected chi connectivity index (χ4v) is 1.10. The standard InChI is InChI=1S/C10H13FN2O/c1-6(2)13-9-5-7(10(12)14)3-4-8(9)11/h3-6,13H,1-2H3,(H2,12,14). The molecule has 14 heavy (non-hydrogen) atoms. The number of anilines is 1. The van der Waals surface area contributed by atoms with Crippen LogP contribution in [-0.4, -0.2) is 11.9 Å². The minimum atomic E-state index is -0.559. The average Bonchev–Trinajstić information content (AvgIpc) is 2.07. The Morgan fingerprint density at radius 3 is 2.64 bits per heavy atom. The van der Waals surface area contributed by atoms with E-state index in [1.165, 1.54) is 18.2 Å². The third-order valence-electron chi connectivity index (χ3n) is 1.70. The molecule has 3 N–H and O–H groups in total. The molecule has 0 atom stereocenters. The van der Waals surface area contributed by atoms with Gasteiger partial charge in [-0.25, -0.2) is 4.39 Å². The number of carbonyl (C=O) groups is 1. The van der Waals surface area contributed by atoms with Crippen LogP contribution in [0.3, 0.4) is 0 Å². The molecule has 1 aromatic rings. The second-order valence-corrected chi connectivity index (χ2v) is 3.36. The molecule has 3 nitrogen and oxygen atoms in total. The lowest BCUT2D eigenvalue weighted by Crippen LogP contribution is -2.14. The van der Waals surface area contributed by atoms with Crippen LogP contribution in [0.4, 0.5) is 10.1 Å². The van der Waals surface area contributed by atoms with Crippen LogP contribution < -0.4 is 11.1 Å². The molecular weight excluding hydrogens is 183 g/mol. The van der Waals surface area contributed by atoms with Crippen molar-refractivity contribution in [3.63, 3.8) is 0 Å². The molecule has 0 heterocycles. The van der Waals surface area contributed by atoms with Crippen LogP contribution in [0.1, 0.15) is 24.2 Å². The van der Waals surface area contributed by atoms with Gasteiger partial charge in [-0.3, -0.25) is 4.79 Å². The molecular formula is C10H13FN2O. The van der Waals surface area contributed by atoms with Gasteiger partial charge in [0, 0.05) is 11.6 Å². The molecule has 0 unspecified atom stereocenters. The molecule has 0 saturated carbocycles. The highest BCUT2D eigenvalue weighted by molar-refractivity contribution is 5.93. The van der Waals surface area contributed by atoms with Gasteiger partial charge < -0.3 is 11.1 Å². The van der Waals surface area contributed by atoms with Crippen LogP contribution >= 0.6 is 0 Å². The lowest BCUT2D eigenvalue weighted by atomic mass is 10.1. The number of carbonyl (C=O) groups excluding carboxylic acids is 1. The molecule has 1 aromatic carbocycles. The van der Waals surface area contributed by atoms with E-state index in [9.17, 15) is 9.18 Å². The Kier molecular flexibility index (Phi) is 3.06. The summed E-state index contributed by atoms with van der Waals surface area (Å²) in [4.78, 5) is 10.8. The topological polar surface area (TPSA) is 55.1 Å². The first-order chi connectivity index (χ1) is 6.50. The van der Waals surface area contributed by atoms with E-state index in [1.54, 1.807) is 0 Å². The van der Waals surface area contributed by atoms with E-state index in [2.05, 4.69) is 5.32 Å². The Morgan fingerprint density at radius 1 is 1.50 bits per heavy atom. The normalized spacial score (nSPS) is 10.3. The van der Waals surface area contributed by atoms with E-state index in [0.717, 1.165) is 0 Å². The summed E-state index contributed by atoms with van der Waals surface area (Å²) in [6.07, 6.45) is 0. The Balaban J connectivity index is 3.02. The van der Waals surface area contributed by atoms with Gasteiger partial charge in [0.1, 0.15) is 5.82 Å². The Hall–Kier alpha value is -1.58. The van der Waals surface area contributed by atoms with Gasteiger partial charge in [-0.05, 0) is 32.0 Å². The average molecular weight is 196 g/mol. The van der Waals surface area contributed by atoms with Crippen LogP contribution in [0.2, 0.25) is 0 Å². The van der Waals surface area contributed by atoms with Crippen molar-refractivity contribution in [1.29, 1.82) is 0 Å². The zero-order valence-electron chi connectivity index (χ0n) is 8.17. The van der Waals surface area contributed by atoms with Crippen molar-refractivity contribution >= 4 is 11.6 Å². The van der Waals surface area contributed by atoms with Gasteiger partial charge in [-0.1, -0.05) is 0 Å². The largest absolute Gasteiger partial charge is 0.380 e. The molecule has 0 aromatic heterocycles. The van der Waals surface area contributed by atoms with E-state index in [1.807, 2.05) is 13.8 Å². The molecule has 0 aliphatic carbocycles. The van der Waals surface area contributed by atoms with Crippen LogP contribution in [-0.2, 0) is 0 Å². The number of primary amides is 1. The highest BCUT2D eigenvalue weighted by atomic mass is 19.1. The maximum absolute atomic E-state index is 13.2. The Bertz CT molecular complexity index is 350. The molecule has 0 saturated heterocycles. The maximum Gasteiger partial charge on any atom is 0.248 e. The van der Waals surface area contributed by atoms with Crippen LogP contribution in [0, 0.1) is 5.82 Å².